The van der Waals surface area contributed by atoms with E-state index in [1.165, 1.54) is 14.2 Å². The zero-order valence-corrected chi connectivity index (χ0v) is 13.3. The Bertz CT molecular complexity index is 659. The number of anilines is 2. The van der Waals surface area contributed by atoms with E-state index in [0.29, 0.717) is 22.9 Å². The second-order valence-electron chi connectivity index (χ2n) is 4.62. The average Bonchev–Trinajstić information content (AvgIpc) is 2.64. The SMILES string of the molecule is COc1cccc(NNC(=O)C(=O)NNc2cccc(OC)c2)c1. The molecular weight excluding hydrogens is 312 g/mol. The van der Waals surface area contributed by atoms with Crippen molar-refractivity contribution < 1.29 is 19.1 Å². The van der Waals surface area contributed by atoms with Gasteiger partial charge >= 0.3 is 11.8 Å². The fourth-order valence-electron chi connectivity index (χ4n) is 1.77. The van der Waals surface area contributed by atoms with Gasteiger partial charge in [-0.15, -0.1) is 0 Å². The summed E-state index contributed by atoms with van der Waals surface area (Å²) < 4.78 is 10.1. The molecule has 2 aromatic carbocycles. The number of carbonyl (C=O) groups is 2. The highest BCUT2D eigenvalue weighted by molar-refractivity contribution is 6.35. The summed E-state index contributed by atoms with van der Waals surface area (Å²) in [6.45, 7) is 0. The summed E-state index contributed by atoms with van der Waals surface area (Å²) in [7, 11) is 3.07. The van der Waals surface area contributed by atoms with Gasteiger partial charge in [0.1, 0.15) is 11.5 Å². The summed E-state index contributed by atoms with van der Waals surface area (Å²) >= 11 is 0. The van der Waals surface area contributed by atoms with Crippen molar-refractivity contribution in [2.45, 2.75) is 0 Å². The van der Waals surface area contributed by atoms with Crippen LogP contribution in [0.5, 0.6) is 11.5 Å². The number of benzene rings is 2. The molecular formula is C16H18N4O4. The maximum absolute atomic E-state index is 11.7. The normalized spacial score (nSPS) is 9.58. The molecule has 8 nitrogen and oxygen atoms in total. The van der Waals surface area contributed by atoms with Crippen LogP contribution in [0.25, 0.3) is 0 Å². The molecule has 8 heteroatoms. The lowest BCUT2D eigenvalue weighted by molar-refractivity contribution is -0.138. The van der Waals surface area contributed by atoms with E-state index in [1.54, 1.807) is 48.5 Å². The minimum atomic E-state index is -0.854. The van der Waals surface area contributed by atoms with Crippen molar-refractivity contribution in [3.63, 3.8) is 0 Å². The van der Waals surface area contributed by atoms with Crippen molar-refractivity contribution in [2.75, 3.05) is 25.1 Å². The van der Waals surface area contributed by atoms with Crippen LogP contribution in [0.15, 0.2) is 48.5 Å². The Hall–Kier alpha value is -3.42. The van der Waals surface area contributed by atoms with E-state index in [9.17, 15) is 9.59 Å². The van der Waals surface area contributed by atoms with E-state index >= 15 is 0 Å². The molecule has 0 aliphatic carbocycles. The maximum Gasteiger partial charge on any atom is 0.329 e. The summed E-state index contributed by atoms with van der Waals surface area (Å²) in [4.78, 5) is 23.5. The molecule has 0 saturated carbocycles. The van der Waals surface area contributed by atoms with Gasteiger partial charge in [0.25, 0.3) is 0 Å². The fourth-order valence-corrected chi connectivity index (χ4v) is 1.77. The molecule has 0 bridgehead atoms. The van der Waals surface area contributed by atoms with Crippen molar-refractivity contribution >= 4 is 23.2 Å². The van der Waals surface area contributed by atoms with Crippen molar-refractivity contribution in [1.29, 1.82) is 0 Å². The first-order valence-electron chi connectivity index (χ1n) is 7.03. The molecule has 0 radical (unpaired) electrons. The zero-order valence-electron chi connectivity index (χ0n) is 13.3. The topological polar surface area (TPSA) is 101 Å². The van der Waals surface area contributed by atoms with Crippen LogP contribution in [0.1, 0.15) is 0 Å². The van der Waals surface area contributed by atoms with Gasteiger partial charge < -0.3 is 9.47 Å². The Morgan fingerprint density at radius 2 is 1.17 bits per heavy atom. The molecule has 0 saturated heterocycles. The van der Waals surface area contributed by atoms with Crippen LogP contribution in [0, 0.1) is 0 Å². The molecule has 126 valence electrons. The van der Waals surface area contributed by atoms with Crippen molar-refractivity contribution in [2.24, 2.45) is 0 Å². The molecule has 0 atom stereocenters. The first kappa shape index (κ1) is 16.9. The highest BCUT2D eigenvalue weighted by Crippen LogP contribution is 2.16. The molecule has 0 unspecified atom stereocenters. The lowest BCUT2D eigenvalue weighted by atomic mass is 10.3. The van der Waals surface area contributed by atoms with Crippen LogP contribution in [-0.2, 0) is 9.59 Å². The third-order valence-electron chi connectivity index (χ3n) is 2.99. The van der Waals surface area contributed by atoms with Gasteiger partial charge in [-0.05, 0) is 24.3 Å². The summed E-state index contributed by atoms with van der Waals surface area (Å²) in [5.41, 5.74) is 11.0. The zero-order chi connectivity index (χ0) is 17.4. The Balaban J connectivity index is 1.82. The Morgan fingerprint density at radius 1 is 0.750 bits per heavy atom. The quantitative estimate of drug-likeness (QED) is 0.470. The predicted octanol–water partition coefficient (Wildman–Crippen LogP) is 1.29. The van der Waals surface area contributed by atoms with Gasteiger partial charge in [0.05, 0.1) is 25.6 Å². The largest absolute Gasteiger partial charge is 0.497 e. The highest BCUT2D eigenvalue weighted by Gasteiger charge is 2.12. The minimum absolute atomic E-state index is 0.580. The number of methoxy groups -OCH3 is 2. The van der Waals surface area contributed by atoms with Gasteiger partial charge in [-0.25, -0.2) is 0 Å². The molecule has 2 amide bonds. The van der Waals surface area contributed by atoms with Gasteiger partial charge in [0, 0.05) is 12.1 Å². The molecule has 0 spiro atoms. The first-order valence-corrected chi connectivity index (χ1v) is 7.03. The van der Waals surface area contributed by atoms with Crippen LogP contribution < -0.4 is 31.2 Å². The molecule has 0 aliphatic heterocycles. The van der Waals surface area contributed by atoms with Crippen LogP contribution in [0.4, 0.5) is 11.4 Å². The second-order valence-corrected chi connectivity index (χ2v) is 4.62. The number of carbonyl (C=O) groups excluding carboxylic acids is 2. The van der Waals surface area contributed by atoms with E-state index < -0.39 is 11.8 Å². The van der Waals surface area contributed by atoms with Gasteiger partial charge in [0.2, 0.25) is 0 Å². The standard InChI is InChI=1S/C16H18N4O4/c1-23-13-7-3-5-11(9-13)17-19-15(21)16(22)20-18-12-6-4-8-14(10-12)24-2/h3-10,17-18H,1-2H3,(H,19,21)(H,20,22). The molecule has 0 aromatic heterocycles. The van der Waals surface area contributed by atoms with Crippen LogP contribution in [0.2, 0.25) is 0 Å². The molecule has 2 aromatic rings. The summed E-state index contributed by atoms with van der Waals surface area (Å²) in [6, 6.07) is 13.8. The number of rotatable bonds is 6. The summed E-state index contributed by atoms with van der Waals surface area (Å²) in [5.74, 6) is -0.460. The second kappa shape index (κ2) is 8.28. The lowest BCUT2D eigenvalue weighted by Gasteiger charge is -2.11. The molecule has 4 N–H and O–H groups in total. The van der Waals surface area contributed by atoms with Crippen LogP contribution >= 0.6 is 0 Å². The third kappa shape index (κ3) is 4.80. The lowest BCUT2D eigenvalue weighted by Crippen LogP contribution is -2.44. The van der Waals surface area contributed by atoms with Crippen molar-refractivity contribution in [3.8, 4) is 11.5 Å². The summed E-state index contributed by atoms with van der Waals surface area (Å²) in [5, 5.41) is 0. The smallest absolute Gasteiger partial charge is 0.329 e. The monoisotopic (exact) mass is 330 g/mol. The van der Waals surface area contributed by atoms with E-state index in [4.69, 9.17) is 9.47 Å². The predicted molar refractivity (Wildman–Crippen MR) is 89.5 cm³/mol. The Morgan fingerprint density at radius 3 is 1.54 bits per heavy atom. The number of hydrogen-bond donors (Lipinski definition) is 4. The van der Waals surface area contributed by atoms with Gasteiger partial charge in [-0.2, -0.15) is 0 Å². The number of nitrogens with one attached hydrogen (secondary N) is 4. The molecule has 2 rings (SSSR count). The Labute approximate surface area is 139 Å². The maximum atomic E-state index is 11.7. The van der Waals surface area contributed by atoms with Gasteiger partial charge in [-0.1, -0.05) is 12.1 Å². The number of amides is 2. The van der Waals surface area contributed by atoms with Crippen LogP contribution in [-0.4, -0.2) is 26.0 Å². The third-order valence-corrected chi connectivity index (χ3v) is 2.99. The Kier molecular flexibility index (Phi) is 5.84. The molecule has 0 aliphatic rings. The first-order chi connectivity index (χ1) is 11.6. The number of hydrazine groups is 2. The fraction of sp³-hybridized carbons (Fsp3) is 0.125. The highest BCUT2D eigenvalue weighted by atomic mass is 16.5. The van der Waals surface area contributed by atoms with Crippen LogP contribution in [0.3, 0.4) is 0 Å². The van der Waals surface area contributed by atoms with E-state index in [1.807, 2.05) is 0 Å². The van der Waals surface area contributed by atoms with Crippen molar-refractivity contribution in [3.05, 3.63) is 48.5 Å². The molecule has 0 fully saturated rings. The number of hydrogen-bond acceptors (Lipinski definition) is 6. The number of ether oxygens (including phenoxy) is 2. The van der Waals surface area contributed by atoms with E-state index in [2.05, 4.69) is 21.7 Å². The average molecular weight is 330 g/mol. The summed E-state index contributed by atoms with van der Waals surface area (Å²) in [6.07, 6.45) is 0. The minimum Gasteiger partial charge on any atom is -0.497 e. The van der Waals surface area contributed by atoms with Crippen molar-refractivity contribution in [1.82, 2.24) is 10.9 Å². The van der Waals surface area contributed by atoms with Gasteiger partial charge in [-0.3, -0.25) is 31.3 Å². The van der Waals surface area contributed by atoms with Gasteiger partial charge in [0.15, 0.2) is 0 Å². The molecule has 0 heterocycles. The van der Waals surface area contributed by atoms with E-state index in [0.717, 1.165) is 0 Å². The molecule has 24 heavy (non-hydrogen) atoms. The van der Waals surface area contributed by atoms with E-state index in [-0.39, 0.29) is 0 Å².